The van der Waals surface area contributed by atoms with Gasteiger partial charge >= 0.3 is 11.9 Å². The van der Waals surface area contributed by atoms with Crippen LogP contribution in [0, 0.1) is 0 Å². The van der Waals surface area contributed by atoms with Gasteiger partial charge in [0, 0.05) is 18.8 Å². The molecule has 1 rings (SSSR count). The zero-order valence-corrected chi connectivity index (χ0v) is 16.6. The van der Waals surface area contributed by atoms with Crippen molar-refractivity contribution >= 4 is 18.0 Å². The Hall–Kier alpha value is -2.74. The quantitative estimate of drug-likeness (QED) is 0.273. The molecule has 158 valence electrons. The first-order chi connectivity index (χ1) is 14.0. The normalized spacial score (nSPS) is 12.3. The summed E-state index contributed by atoms with van der Waals surface area (Å²) >= 11 is 0. The molecule has 7 nitrogen and oxygen atoms in total. The average molecular weight is 404 g/mol. The summed E-state index contributed by atoms with van der Waals surface area (Å²) in [4.78, 5) is 22.0. The summed E-state index contributed by atoms with van der Waals surface area (Å²) in [5, 5.41) is 8.49. The molecule has 1 unspecified atom stereocenters. The lowest BCUT2D eigenvalue weighted by Crippen LogP contribution is -2.20. The molecule has 1 aromatic rings. The van der Waals surface area contributed by atoms with Crippen molar-refractivity contribution in [3.05, 3.63) is 66.3 Å². The molecule has 0 aliphatic rings. The fraction of sp³-hybridized carbons (Fsp3) is 0.364. The zero-order valence-electron chi connectivity index (χ0n) is 16.6. The maximum Gasteiger partial charge on any atom is 0.333 e. The van der Waals surface area contributed by atoms with Gasteiger partial charge in [-0.2, -0.15) is 0 Å². The third-order valence-corrected chi connectivity index (χ3v) is 3.57. The highest BCUT2D eigenvalue weighted by Gasteiger charge is 2.07. The van der Waals surface area contributed by atoms with Crippen LogP contribution in [0.4, 0.5) is 0 Å². The minimum absolute atomic E-state index is 0.0793. The average Bonchev–Trinajstić information content (AvgIpc) is 2.71. The van der Waals surface area contributed by atoms with Crippen LogP contribution in [0.25, 0.3) is 6.08 Å². The van der Waals surface area contributed by atoms with Gasteiger partial charge in [-0.25, -0.2) is 9.59 Å². The number of allylic oxidation sites excluding steroid dienone is 1. The van der Waals surface area contributed by atoms with Gasteiger partial charge < -0.3 is 24.1 Å². The molecule has 0 saturated carbocycles. The van der Waals surface area contributed by atoms with E-state index in [9.17, 15) is 9.59 Å². The number of aliphatic carboxylic acids is 1. The van der Waals surface area contributed by atoms with Crippen molar-refractivity contribution < 1.29 is 33.6 Å². The Kier molecular flexibility index (Phi) is 12.7. The van der Waals surface area contributed by atoms with Crippen LogP contribution in [0.5, 0.6) is 0 Å². The van der Waals surface area contributed by atoms with Gasteiger partial charge in [-0.1, -0.05) is 55.1 Å². The highest BCUT2D eigenvalue weighted by atomic mass is 16.6. The van der Waals surface area contributed by atoms with Crippen LogP contribution in [0.2, 0.25) is 0 Å². The van der Waals surface area contributed by atoms with Crippen molar-refractivity contribution in [2.45, 2.75) is 12.5 Å². The van der Waals surface area contributed by atoms with E-state index < -0.39 is 11.9 Å². The molecule has 0 aliphatic heterocycles. The third-order valence-electron chi connectivity index (χ3n) is 3.57. The van der Waals surface area contributed by atoms with E-state index in [0.717, 1.165) is 11.6 Å². The molecule has 0 aromatic heterocycles. The molecule has 0 heterocycles. The number of hydrogen-bond acceptors (Lipinski definition) is 6. The summed E-state index contributed by atoms with van der Waals surface area (Å²) in [5.41, 5.74) is 1.26. The van der Waals surface area contributed by atoms with Gasteiger partial charge in [0.25, 0.3) is 0 Å². The molecule has 29 heavy (non-hydrogen) atoms. The number of esters is 1. The zero-order chi connectivity index (χ0) is 21.3. The van der Waals surface area contributed by atoms with E-state index >= 15 is 0 Å². The van der Waals surface area contributed by atoms with E-state index in [0.29, 0.717) is 19.8 Å². The standard InChI is InChI=1S/C22H28O7/c1-18(7-6-10-21(23)24)22(25)29-16-14-27-13-15-28-20(17-26-2)12-11-19-8-4-3-5-9-19/h3-6,8-12,20H,1,7,13-17H2,2H3,(H,23,24). The Morgan fingerprint density at radius 2 is 1.86 bits per heavy atom. The maximum atomic E-state index is 11.7. The van der Waals surface area contributed by atoms with E-state index in [1.807, 2.05) is 42.5 Å². The SMILES string of the molecule is C=C(CC=CC(=O)O)C(=O)OCCOCCOC(C=Cc1ccccc1)COC. The number of carboxylic acids is 1. The molecule has 0 bridgehead atoms. The summed E-state index contributed by atoms with van der Waals surface area (Å²) in [6.07, 6.45) is 6.13. The van der Waals surface area contributed by atoms with Crippen molar-refractivity contribution in [1.82, 2.24) is 0 Å². The minimum atomic E-state index is -1.08. The largest absolute Gasteiger partial charge is 0.478 e. The van der Waals surface area contributed by atoms with Crippen LogP contribution in [0.15, 0.2) is 60.7 Å². The van der Waals surface area contributed by atoms with Crippen molar-refractivity contribution in [2.75, 3.05) is 40.1 Å². The van der Waals surface area contributed by atoms with E-state index in [1.165, 1.54) is 6.08 Å². The summed E-state index contributed by atoms with van der Waals surface area (Å²) in [6, 6.07) is 9.90. The molecule has 0 radical (unpaired) electrons. The summed E-state index contributed by atoms with van der Waals surface area (Å²) in [5.74, 6) is -1.66. The highest BCUT2D eigenvalue weighted by Crippen LogP contribution is 2.05. The fourth-order valence-electron chi connectivity index (χ4n) is 2.15. The van der Waals surface area contributed by atoms with E-state index in [2.05, 4.69) is 6.58 Å². The van der Waals surface area contributed by atoms with Crippen LogP contribution in [-0.4, -0.2) is 63.3 Å². The van der Waals surface area contributed by atoms with Gasteiger partial charge in [0.2, 0.25) is 0 Å². The fourth-order valence-corrected chi connectivity index (χ4v) is 2.15. The molecule has 0 spiro atoms. The molecule has 0 fully saturated rings. The number of methoxy groups -OCH3 is 1. The second kappa shape index (κ2) is 15.2. The number of hydrogen-bond donors (Lipinski definition) is 1. The first-order valence-corrected chi connectivity index (χ1v) is 9.18. The van der Waals surface area contributed by atoms with Crippen LogP contribution >= 0.6 is 0 Å². The minimum Gasteiger partial charge on any atom is -0.478 e. The van der Waals surface area contributed by atoms with Gasteiger partial charge in [-0.3, -0.25) is 0 Å². The van der Waals surface area contributed by atoms with Crippen molar-refractivity contribution in [2.24, 2.45) is 0 Å². The number of carbonyl (C=O) groups is 2. The van der Waals surface area contributed by atoms with Crippen LogP contribution in [0.3, 0.4) is 0 Å². The molecule has 1 aromatic carbocycles. The smallest absolute Gasteiger partial charge is 0.333 e. The van der Waals surface area contributed by atoms with Crippen LogP contribution in [-0.2, 0) is 28.5 Å². The molecular formula is C22H28O7. The molecule has 0 amide bonds. The van der Waals surface area contributed by atoms with E-state index in [1.54, 1.807) is 7.11 Å². The number of ether oxygens (including phenoxy) is 4. The summed E-state index contributed by atoms with van der Waals surface area (Å²) < 4.78 is 21.3. The van der Waals surface area contributed by atoms with Gasteiger partial charge in [0.05, 0.1) is 32.5 Å². The second-order valence-electron chi connectivity index (χ2n) is 5.93. The first kappa shape index (κ1) is 24.3. The Morgan fingerprint density at radius 1 is 1.14 bits per heavy atom. The Labute approximate surface area is 171 Å². The van der Waals surface area contributed by atoms with Gasteiger partial charge in [-0.15, -0.1) is 0 Å². The van der Waals surface area contributed by atoms with E-state index in [-0.39, 0.29) is 31.3 Å². The molecule has 0 aliphatic carbocycles. The predicted octanol–water partition coefficient (Wildman–Crippen LogP) is 2.88. The van der Waals surface area contributed by atoms with Crippen molar-refractivity contribution in [3.63, 3.8) is 0 Å². The van der Waals surface area contributed by atoms with E-state index in [4.69, 9.17) is 24.1 Å². The van der Waals surface area contributed by atoms with Crippen molar-refractivity contribution in [1.29, 1.82) is 0 Å². The third kappa shape index (κ3) is 12.4. The maximum absolute atomic E-state index is 11.7. The van der Waals surface area contributed by atoms with Gasteiger partial charge in [0.1, 0.15) is 6.61 Å². The lowest BCUT2D eigenvalue weighted by atomic mass is 10.2. The highest BCUT2D eigenvalue weighted by molar-refractivity contribution is 5.88. The second-order valence-corrected chi connectivity index (χ2v) is 5.93. The number of benzene rings is 1. The number of carboxylic acid groups (broad SMARTS) is 1. The van der Waals surface area contributed by atoms with Gasteiger partial charge in [-0.05, 0) is 12.0 Å². The summed E-state index contributed by atoms with van der Waals surface area (Å²) in [6.45, 7) is 5.01. The topological polar surface area (TPSA) is 91.3 Å². The van der Waals surface area contributed by atoms with Crippen LogP contribution in [0.1, 0.15) is 12.0 Å². The monoisotopic (exact) mass is 404 g/mol. The molecule has 1 atom stereocenters. The molecule has 0 saturated heterocycles. The van der Waals surface area contributed by atoms with Crippen LogP contribution < -0.4 is 0 Å². The first-order valence-electron chi connectivity index (χ1n) is 9.18. The Bertz CT molecular complexity index is 680. The van der Waals surface area contributed by atoms with Crippen molar-refractivity contribution in [3.8, 4) is 0 Å². The Balaban J connectivity index is 2.16. The lowest BCUT2D eigenvalue weighted by Gasteiger charge is -2.13. The molecule has 1 N–H and O–H groups in total. The predicted molar refractivity (Wildman–Crippen MR) is 109 cm³/mol. The molecule has 7 heteroatoms. The molecular weight excluding hydrogens is 376 g/mol. The number of carbonyl (C=O) groups excluding carboxylic acids is 1. The lowest BCUT2D eigenvalue weighted by molar-refractivity contribution is -0.141. The Morgan fingerprint density at radius 3 is 2.55 bits per heavy atom. The number of rotatable bonds is 15. The van der Waals surface area contributed by atoms with Gasteiger partial charge in [0.15, 0.2) is 0 Å². The summed E-state index contributed by atoms with van der Waals surface area (Å²) in [7, 11) is 1.61.